The fourth-order valence-electron chi connectivity index (χ4n) is 2.30. The summed E-state index contributed by atoms with van der Waals surface area (Å²) in [5.74, 6) is -0.207. The third-order valence-electron chi connectivity index (χ3n) is 3.64. The Balaban J connectivity index is 1.84. The van der Waals surface area contributed by atoms with Gasteiger partial charge in [0.2, 0.25) is 11.8 Å². The van der Waals surface area contributed by atoms with Gasteiger partial charge in [-0.2, -0.15) is 5.26 Å². The normalized spacial score (nSPS) is 14.6. The van der Waals surface area contributed by atoms with Crippen LogP contribution in [0.1, 0.15) is 26.2 Å². The maximum Gasteiger partial charge on any atom is 0.238 e. The van der Waals surface area contributed by atoms with Gasteiger partial charge in [-0.15, -0.1) is 11.8 Å². The molecule has 134 valence electrons. The van der Waals surface area contributed by atoms with Crippen molar-refractivity contribution in [2.45, 2.75) is 42.4 Å². The summed E-state index contributed by atoms with van der Waals surface area (Å²) in [7, 11) is 1.75. The first kappa shape index (κ1) is 19.3. The van der Waals surface area contributed by atoms with Gasteiger partial charge >= 0.3 is 0 Å². The first-order valence-corrected chi connectivity index (χ1v) is 9.26. The summed E-state index contributed by atoms with van der Waals surface area (Å²) in [4.78, 5) is 26.7. The molecule has 6 nitrogen and oxygen atoms in total. The van der Waals surface area contributed by atoms with Gasteiger partial charge in [0.15, 0.2) is 0 Å². The van der Waals surface area contributed by atoms with Crippen LogP contribution < -0.4 is 10.6 Å². The number of benzene rings is 1. The van der Waals surface area contributed by atoms with Crippen LogP contribution in [0.5, 0.6) is 0 Å². The van der Waals surface area contributed by atoms with Crippen LogP contribution in [0.3, 0.4) is 0 Å². The standard InChI is InChI=1S/C18H24N4O2S/c1-13(9-10-19)25-16-6-4-3-5-15(16)21-18(24)12-22(2)11-17(23)20-14-7-8-14/h3-6,13-14H,7-9,11-12H2,1-2H3,(H,20,23)(H,21,24)/t13-/m0/s1. The predicted molar refractivity (Wildman–Crippen MR) is 99.3 cm³/mol. The second-order valence-corrected chi connectivity index (χ2v) is 7.83. The van der Waals surface area contributed by atoms with Crippen LogP contribution in [-0.4, -0.2) is 48.1 Å². The van der Waals surface area contributed by atoms with Gasteiger partial charge in [0.1, 0.15) is 0 Å². The molecule has 7 heteroatoms. The van der Waals surface area contributed by atoms with Gasteiger partial charge in [-0.3, -0.25) is 14.5 Å². The summed E-state index contributed by atoms with van der Waals surface area (Å²) in [5.41, 5.74) is 0.734. The van der Waals surface area contributed by atoms with Crippen LogP contribution in [0.15, 0.2) is 29.2 Å². The highest BCUT2D eigenvalue weighted by Gasteiger charge is 2.23. The van der Waals surface area contributed by atoms with E-state index in [9.17, 15) is 9.59 Å². The molecule has 1 aliphatic rings. The monoisotopic (exact) mass is 360 g/mol. The van der Waals surface area contributed by atoms with Crippen molar-refractivity contribution in [1.29, 1.82) is 5.26 Å². The molecule has 1 aromatic rings. The van der Waals surface area contributed by atoms with Gasteiger partial charge in [-0.1, -0.05) is 19.1 Å². The third kappa shape index (κ3) is 7.16. The number of likely N-dealkylation sites (N-methyl/N-ethyl adjacent to an activating group) is 1. The molecule has 0 spiro atoms. The average molecular weight is 360 g/mol. The first-order chi connectivity index (χ1) is 12.0. The van der Waals surface area contributed by atoms with Crippen molar-refractivity contribution in [3.8, 4) is 6.07 Å². The highest BCUT2D eigenvalue weighted by Crippen LogP contribution is 2.31. The van der Waals surface area contributed by atoms with E-state index in [2.05, 4.69) is 16.7 Å². The van der Waals surface area contributed by atoms with E-state index in [1.165, 1.54) is 0 Å². The molecule has 0 saturated heterocycles. The summed E-state index contributed by atoms with van der Waals surface area (Å²) in [6, 6.07) is 10.0. The number of nitrogens with zero attached hydrogens (tertiary/aromatic N) is 2. The number of nitriles is 1. The maximum absolute atomic E-state index is 12.3. The minimum atomic E-state index is -0.164. The van der Waals surface area contributed by atoms with E-state index >= 15 is 0 Å². The quantitative estimate of drug-likeness (QED) is 0.660. The van der Waals surface area contributed by atoms with E-state index < -0.39 is 0 Å². The lowest BCUT2D eigenvalue weighted by atomic mass is 10.3. The van der Waals surface area contributed by atoms with Crippen molar-refractivity contribution < 1.29 is 9.59 Å². The van der Waals surface area contributed by atoms with Gasteiger partial charge in [0.05, 0.1) is 24.8 Å². The lowest BCUT2D eigenvalue weighted by Gasteiger charge is -2.17. The molecule has 0 bridgehead atoms. The Kier molecular flexibility index (Phi) is 7.29. The number of nitrogens with one attached hydrogen (secondary N) is 2. The van der Waals surface area contributed by atoms with Gasteiger partial charge in [-0.05, 0) is 32.0 Å². The second-order valence-electron chi connectivity index (χ2n) is 6.35. The zero-order valence-electron chi connectivity index (χ0n) is 14.6. The summed E-state index contributed by atoms with van der Waals surface area (Å²) in [5, 5.41) is 14.7. The van der Waals surface area contributed by atoms with Crippen molar-refractivity contribution in [1.82, 2.24) is 10.2 Å². The van der Waals surface area contributed by atoms with E-state index in [0.717, 1.165) is 23.4 Å². The summed E-state index contributed by atoms with van der Waals surface area (Å²) in [6.07, 6.45) is 2.55. The number of anilines is 1. The molecule has 2 amide bonds. The van der Waals surface area contributed by atoms with Crippen molar-refractivity contribution >= 4 is 29.3 Å². The molecule has 0 heterocycles. The predicted octanol–water partition coefficient (Wildman–Crippen LogP) is 2.23. The molecule has 1 saturated carbocycles. The smallest absolute Gasteiger partial charge is 0.238 e. The van der Waals surface area contributed by atoms with E-state index in [1.54, 1.807) is 23.7 Å². The molecule has 0 unspecified atom stereocenters. The molecule has 0 aliphatic heterocycles. The average Bonchev–Trinajstić information content (AvgIpc) is 3.32. The van der Waals surface area contributed by atoms with Crippen LogP contribution in [0.2, 0.25) is 0 Å². The topological polar surface area (TPSA) is 85.2 Å². The Hall–Kier alpha value is -2.04. The third-order valence-corrected chi connectivity index (χ3v) is 4.82. The summed E-state index contributed by atoms with van der Waals surface area (Å²) < 4.78 is 0. The summed E-state index contributed by atoms with van der Waals surface area (Å²) in [6.45, 7) is 2.34. The van der Waals surface area contributed by atoms with Crippen molar-refractivity contribution in [2.24, 2.45) is 0 Å². The van der Waals surface area contributed by atoms with Crippen LogP contribution in [0, 0.1) is 11.3 Å². The van der Waals surface area contributed by atoms with Gasteiger partial charge < -0.3 is 10.6 Å². The lowest BCUT2D eigenvalue weighted by molar-refractivity contribution is -0.123. The molecule has 1 fully saturated rings. The Morgan fingerprint density at radius 2 is 2.00 bits per heavy atom. The number of rotatable bonds is 9. The number of carbonyl (C=O) groups excluding carboxylic acids is 2. The van der Waals surface area contributed by atoms with E-state index in [-0.39, 0.29) is 30.2 Å². The second kappa shape index (κ2) is 9.44. The molecule has 25 heavy (non-hydrogen) atoms. The number of para-hydroxylation sites is 1. The van der Waals surface area contributed by atoms with Crippen molar-refractivity contribution in [3.63, 3.8) is 0 Å². The van der Waals surface area contributed by atoms with E-state index in [1.807, 2.05) is 31.2 Å². The fourth-order valence-corrected chi connectivity index (χ4v) is 3.29. The van der Waals surface area contributed by atoms with Gasteiger partial charge in [-0.25, -0.2) is 0 Å². The van der Waals surface area contributed by atoms with Crippen LogP contribution >= 0.6 is 11.8 Å². The largest absolute Gasteiger partial charge is 0.352 e. The van der Waals surface area contributed by atoms with Crippen molar-refractivity contribution in [2.75, 3.05) is 25.5 Å². The molecule has 0 aromatic heterocycles. The first-order valence-electron chi connectivity index (χ1n) is 8.38. The number of amides is 2. The number of thioether (sulfide) groups is 1. The fraction of sp³-hybridized carbons (Fsp3) is 0.500. The Morgan fingerprint density at radius 3 is 2.68 bits per heavy atom. The highest BCUT2D eigenvalue weighted by molar-refractivity contribution is 8.00. The Labute approximate surface area is 153 Å². The zero-order chi connectivity index (χ0) is 18.2. The molecule has 0 radical (unpaired) electrons. The Bertz CT molecular complexity index is 655. The number of carbonyl (C=O) groups is 2. The molecular formula is C18H24N4O2S. The molecule has 1 aliphatic carbocycles. The maximum atomic E-state index is 12.3. The van der Waals surface area contributed by atoms with Gasteiger partial charge in [0.25, 0.3) is 0 Å². The SMILES string of the molecule is C[C@@H](CC#N)Sc1ccccc1NC(=O)CN(C)CC(=O)NC1CC1. The van der Waals surface area contributed by atoms with Crippen LogP contribution in [0.25, 0.3) is 0 Å². The molecular weight excluding hydrogens is 336 g/mol. The minimum Gasteiger partial charge on any atom is -0.352 e. The number of hydrogen-bond acceptors (Lipinski definition) is 5. The highest BCUT2D eigenvalue weighted by atomic mass is 32.2. The van der Waals surface area contributed by atoms with E-state index in [0.29, 0.717) is 12.5 Å². The molecule has 2 rings (SSSR count). The number of hydrogen-bond donors (Lipinski definition) is 2. The Morgan fingerprint density at radius 1 is 1.32 bits per heavy atom. The van der Waals surface area contributed by atoms with Gasteiger partial charge in [0, 0.05) is 22.6 Å². The van der Waals surface area contributed by atoms with E-state index in [4.69, 9.17) is 5.26 Å². The minimum absolute atomic E-state index is 0.0425. The zero-order valence-corrected chi connectivity index (χ0v) is 15.4. The molecule has 1 atom stereocenters. The van der Waals surface area contributed by atoms with Crippen molar-refractivity contribution in [3.05, 3.63) is 24.3 Å². The molecule has 2 N–H and O–H groups in total. The lowest BCUT2D eigenvalue weighted by Crippen LogP contribution is -2.39. The van der Waals surface area contributed by atoms with Crippen LogP contribution in [0.4, 0.5) is 5.69 Å². The van der Waals surface area contributed by atoms with Crippen LogP contribution in [-0.2, 0) is 9.59 Å². The molecule has 1 aromatic carbocycles. The summed E-state index contributed by atoms with van der Waals surface area (Å²) >= 11 is 1.57.